The molecule has 30 heavy (non-hydrogen) atoms. The minimum absolute atomic E-state index is 0.0565. The number of nitrogens with zero attached hydrogens (tertiary/aromatic N) is 2. The molecular weight excluding hydrogens is 415 g/mol. The van der Waals surface area contributed by atoms with Gasteiger partial charge >= 0.3 is 6.18 Å². The Morgan fingerprint density at radius 1 is 1.10 bits per heavy atom. The fourth-order valence-electron chi connectivity index (χ4n) is 2.84. The monoisotopic (exact) mass is 431 g/mol. The lowest BCUT2D eigenvalue weighted by molar-refractivity contribution is -0.137. The van der Waals surface area contributed by atoms with Gasteiger partial charge in [0.15, 0.2) is 5.13 Å². The summed E-state index contributed by atoms with van der Waals surface area (Å²) in [5.74, 6) is 0.418. The number of nitrogens with one attached hydrogen (secondary N) is 3. The highest BCUT2D eigenvalue weighted by molar-refractivity contribution is 7.13. The first-order valence-corrected chi connectivity index (χ1v) is 9.84. The number of anilines is 2. The number of H-pyrrole nitrogens is 1. The molecule has 2 aromatic heterocycles. The summed E-state index contributed by atoms with van der Waals surface area (Å²) in [5, 5.41) is 7.72. The number of benzene rings is 2. The number of aromatic amines is 1. The van der Waals surface area contributed by atoms with E-state index in [0.717, 1.165) is 23.2 Å². The van der Waals surface area contributed by atoms with Crippen LogP contribution < -0.4 is 10.6 Å². The molecule has 0 bridgehead atoms. The van der Waals surface area contributed by atoms with E-state index in [4.69, 9.17) is 0 Å². The fraction of sp³-hybridized carbons (Fsp3) is 0.150. The van der Waals surface area contributed by atoms with Gasteiger partial charge < -0.3 is 15.6 Å². The van der Waals surface area contributed by atoms with Crippen molar-refractivity contribution < 1.29 is 18.0 Å². The van der Waals surface area contributed by atoms with Crippen LogP contribution in [0.5, 0.6) is 0 Å². The third kappa shape index (κ3) is 4.77. The van der Waals surface area contributed by atoms with E-state index in [0.29, 0.717) is 16.6 Å². The second-order valence-corrected chi connectivity index (χ2v) is 7.36. The van der Waals surface area contributed by atoms with Crippen molar-refractivity contribution in [3.8, 4) is 0 Å². The molecular formula is C20H16F3N5OS. The quantitative estimate of drug-likeness (QED) is 0.415. The van der Waals surface area contributed by atoms with Crippen LogP contribution in [0.2, 0.25) is 0 Å². The minimum Gasteiger partial charge on any atom is -0.349 e. The number of hydrogen-bond donors (Lipinski definition) is 3. The van der Waals surface area contributed by atoms with Gasteiger partial charge in [-0.3, -0.25) is 4.79 Å². The van der Waals surface area contributed by atoms with E-state index in [2.05, 4.69) is 25.6 Å². The topological polar surface area (TPSA) is 82.7 Å². The average Bonchev–Trinajstić information content (AvgIpc) is 3.32. The molecule has 0 radical (unpaired) electrons. The number of para-hydroxylation sites is 2. The third-order valence-corrected chi connectivity index (χ3v) is 5.03. The molecule has 4 rings (SSSR count). The molecule has 154 valence electrons. The molecule has 1 amide bonds. The fourth-order valence-corrected chi connectivity index (χ4v) is 3.57. The number of imidazole rings is 1. The molecule has 2 heterocycles. The number of rotatable bonds is 6. The summed E-state index contributed by atoms with van der Waals surface area (Å²) < 4.78 is 38.5. The molecule has 0 atom stereocenters. The number of carbonyl (C=O) groups is 1. The Morgan fingerprint density at radius 2 is 1.93 bits per heavy atom. The van der Waals surface area contributed by atoms with Crippen molar-refractivity contribution >= 4 is 39.1 Å². The van der Waals surface area contributed by atoms with Crippen molar-refractivity contribution in [2.24, 2.45) is 0 Å². The van der Waals surface area contributed by atoms with Crippen molar-refractivity contribution in [2.75, 3.05) is 5.32 Å². The molecule has 4 aromatic rings. The second-order valence-electron chi connectivity index (χ2n) is 6.50. The molecule has 0 aliphatic heterocycles. The van der Waals surface area contributed by atoms with Crippen molar-refractivity contribution in [1.29, 1.82) is 0 Å². The van der Waals surface area contributed by atoms with Crippen molar-refractivity contribution in [3.63, 3.8) is 0 Å². The predicted molar refractivity (Wildman–Crippen MR) is 108 cm³/mol. The summed E-state index contributed by atoms with van der Waals surface area (Å²) in [7, 11) is 0. The predicted octanol–water partition coefficient (Wildman–Crippen LogP) is 4.64. The maximum atomic E-state index is 12.8. The lowest BCUT2D eigenvalue weighted by atomic mass is 10.2. The number of thiazole rings is 1. The van der Waals surface area contributed by atoms with Crippen LogP contribution in [0.15, 0.2) is 53.9 Å². The Bertz CT molecular complexity index is 1150. The molecule has 0 aliphatic carbocycles. The highest BCUT2D eigenvalue weighted by Gasteiger charge is 2.30. The van der Waals surface area contributed by atoms with Gasteiger partial charge in [-0.1, -0.05) is 18.2 Å². The zero-order chi connectivity index (χ0) is 21.1. The van der Waals surface area contributed by atoms with Crippen molar-refractivity contribution in [1.82, 2.24) is 20.3 Å². The summed E-state index contributed by atoms with van der Waals surface area (Å²) in [5.41, 5.74) is 1.78. The summed E-state index contributed by atoms with van der Waals surface area (Å²) in [6.07, 6.45) is -4.36. The van der Waals surface area contributed by atoms with Crippen LogP contribution in [0.3, 0.4) is 0 Å². The number of halogens is 3. The SMILES string of the molecule is O=C(Cc1csc(Nc2cccc(C(F)(F)F)c2)n1)NCc1nc2ccccc2[nH]1. The number of aromatic nitrogens is 3. The molecule has 0 unspecified atom stereocenters. The summed E-state index contributed by atoms with van der Waals surface area (Å²) in [6, 6.07) is 12.4. The van der Waals surface area contributed by atoms with Gasteiger partial charge in [0.2, 0.25) is 5.91 Å². The largest absolute Gasteiger partial charge is 0.416 e. The van der Waals surface area contributed by atoms with E-state index < -0.39 is 11.7 Å². The molecule has 3 N–H and O–H groups in total. The van der Waals surface area contributed by atoms with Crippen molar-refractivity contribution in [3.05, 3.63) is 71.0 Å². The Kier molecular flexibility index (Phi) is 5.40. The molecule has 0 fully saturated rings. The summed E-state index contributed by atoms with van der Waals surface area (Å²) in [4.78, 5) is 24.0. The molecule has 0 saturated carbocycles. The van der Waals surface area contributed by atoms with E-state index in [1.165, 1.54) is 23.5 Å². The Labute approximate surface area is 173 Å². The van der Waals surface area contributed by atoms with E-state index in [9.17, 15) is 18.0 Å². The van der Waals surface area contributed by atoms with Gasteiger partial charge in [0.1, 0.15) is 5.82 Å². The van der Waals surface area contributed by atoms with Gasteiger partial charge in [-0.05, 0) is 30.3 Å². The molecule has 0 saturated heterocycles. The Morgan fingerprint density at radius 3 is 2.73 bits per heavy atom. The number of amides is 1. The number of alkyl halides is 3. The van der Waals surface area contributed by atoms with Crippen LogP contribution in [0, 0.1) is 0 Å². The maximum Gasteiger partial charge on any atom is 0.416 e. The lowest BCUT2D eigenvalue weighted by Gasteiger charge is -2.08. The zero-order valence-electron chi connectivity index (χ0n) is 15.5. The Hall–Kier alpha value is -3.40. The lowest BCUT2D eigenvalue weighted by Crippen LogP contribution is -2.25. The first-order valence-electron chi connectivity index (χ1n) is 8.96. The van der Waals surface area contributed by atoms with E-state index in [1.54, 1.807) is 5.38 Å². The normalized spacial score (nSPS) is 11.6. The molecule has 0 spiro atoms. The molecule has 0 aliphatic rings. The highest BCUT2D eigenvalue weighted by atomic mass is 32.1. The smallest absolute Gasteiger partial charge is 0.349 e. The van der Waals surface area contributed by atoms with Crippen molar-refractivity contribution in [2.45, 2.75) is 19.1 Å². The van der Waals surface area contributed by atoms with Crippen LogP contribution in [-0.4, -0.2) is 20.9 Å². The second kappa shape index (κ2) is 8.15. The van der Waals surface area contributed by atoms with E-state index in [1.807, 2.05) is 24.3 Å². The van der Waals surface area contributed by atoms with Crippen LogP contribution in [0.4, 0.5) is 24.0 Å². The summed E-state index contributed by atoms with van der Waals surface area (Å²) >= 11 is 1.22. The molecule has 2 aromatic carbocycles. The van der Waals surface area contributed by atoms with E-state index >= 15 is 0 Å². The van der Waals surface area contributed by atoms with Crippen LogP contribution >= 0.6 is 11.3 Å². The third-order valence-electron chi connectivity index (χ3n) is 4.23. The maximum absolute atomic E-state index is 12.8. The van der Waals surface area contributed by atoms with Crippen LogP contribution in [0.1, 0.15) is 17.1 Å². The number of carbonyl (C=O) groups excluding carboxylic acids is 1. The van der Waals surface area contributed by atoms with Gasteiger partial charge in [-0.2, -0.15) is 13.2 Å². The molecule has 10 heteroatoms. The van der Waals surface area contributed by atoms with Gasteiger partial charge in [0, 0.05) is 11.1 Å². The summed E-state index contributed by atoms with van der Waals surface area (Å²) in [6.45, 7) is 0.257. The highest BCUT2D eigenvalue weighted by Crippen LogP contribution is 2.31. The standard InChI is InChI=1S/C20H16F3N5OS/c21-20(22,23)12-4-3-5-13(8-12)25-19-26-14(11-30-19)9-18(29)24-10-17-27-15-6-1-2-7-16(15)28-17/h1-8,11H,9-10H2,(H,24,29)(H,25,26)(H,27,28). The van der Waals surface area contributed by atoms with Gasteiger partial charge in [0.05, 0.1) is 35.3 Å². The first-order chi connectivity index (χ1) is 14.4. The van der Waals surface area contributed by atoms with Gasteiger partial charge in [0.25, 0.3) is 0 Å². The minimum atomic E-state index is -4.41. The number of fused-ring (bicyclic) bond motifs is 1. The number of hydrogen-bond acceptors (Lipinski definition) is 5. The molecule has 6 nitrogen and oxygen atoms in total. The van der Waals surface area contributed by atoms with Gasteiger partial charge in [-0.25, -0.2) is 9.97 Å². The van der Waals surface area contributed by atoms with Crippen LogP contribution in [-0.2, 0) is 23.9 Å². The van der Waals surface area contributed by atoms with Crippen LogP contribution in [0.25, 0.3) is 11.0 Å². The zero-order valence-corrected chi connectivity index (χ0v) is 16.3. The average molecular weight is 431 g/mol. The Balaban J connectivity index is 1.33. The van der Waals surface area contributed by atoms with Gasteiger partial charge in [-0.15, -0.1) is 11.3 Å². The van der Waals surface area contributed by atoms with E-state index in [-0.39, 0.29) is 24.6 Å². The first kappa shape index (κ1) is 19.9.